The van der Waals surface area contributed by atoms with Crippen LogP contribution in [0, 0.1) is 13.8 Å². The van der Waals surface area contributed by atoms with Crippen LogP contribution in [-0.2, 0) is 16.6 Å². The lowest BCUT2D eigenvalue weighted by Gasteiger charge is -2.08. The standard InChI is InChI=1S/C19H22N2O2S3/c1-12(2)16-7-5-15(6-8-16)10-20-26(22,23)18-9-17(11-24-18)19-21-13(3)14(4)25-19/h5-9,11-12,20H,10H2,1-4H3. The average Bonchev–Trinajstić information content (AvgIpc) is 3.21. The minimum atomic E-state index is -3.53. The molecule has 0 aliphatic heterocycles. The monoisotopic (exact) mass is 406 g/mol. The number of aryl methyl sites for hydroxylation is 2. The Kier molecular flexibility index (Phi) is 5.62. The van der Waals surface area contributed by atoms with Crippen LogP contribution >= 0.6 is 22.7 Å². The van der Waals surface area contributed by atoms with Crippen LogP contribution in [-0.4, -0.2) is 13.4 Å². The molecule has 1 N–H and O–H groups in total. The Balaban J connectivity index is 1.72. The highest BCUT2D eigenvalue weighted by Crippen LogP contribution is 2.32. The van der Waals surface area contributed by atoms with Crippen LogP contribution < -0.4 is 4.72 Å². The molecule has 0 saturated heterocycles. The molecule has 2 aromatic heterocycles. The summed E-state index contributed by atoms with van der Waals surface area (Å²) in [4.78, 5) is 5.65. The van der Waals surface area contributed by atoms with Crippen molar-refractivity contribution < 1.29 is 8.42 Å². The van der Waals surface area contributed by atoms with Gasteiger partial charge in [0.05, 0.1) is 5.69 Å². The number of hydrogen-bond acceptors (Lipinski definition) is 5. The van der Waals surface area contributed by atoms with Crippen molar-refractivity contribution in [3.8, 4) is 10.6 Å². The van der Waals surface area contributed by atoms with E-state index in [-0.39, 0.29) is 6.54 Å². The van der Waals surface area contributed by atoms with Gasteiger partial charge in [-0.3, -0.25) is 0 Å². The van der Waals surface area contributed by atoms with E-state index in [1.807, 2.05) is 43.5 Å². The number of nitrogens with one attached hydrogen (secondary N) is 1. The normalized spacial score (nSPS) is 12.0. The second-order valence-electron chi connectivity index (χ2n) is 6.54. The number of thiophene rings is 1. The molecule has 0 radical (unpaired) electrons. The molecule has 2 heterocycles. The maximum atomic E-state index is 12.6. The first-order valence-corrected chi connectivity index (χ1v) is 11.6. The van der Waals surface area contributed by atoms with Crippen LogP contribution in [0.5, 0.6) is 0 Å². The topological polar surface area (TPSA) is 59.1 Å². The van der Waals surface area contributed by atoms with Gasteiger partial charge in [0.2, 0.25) is 10.0 Å². The molecule has 0 aliphatic carbocycles. The maximum Gasteiger partial charge on any atom is 0.250 e. The summed E-state index contributed by atoms with van der Waals surface area (Å²) in [5.74, 6) is 0.461. The van der Waals surface area contributed by atoms with Crippen molar-refractivity contribution >= 4 is 32.7 Å². The van der Waals surface area contributed by atoms with Crippen molar-refractivity contribution in [3.63, 3.8) is 0 Å². The van der Waals surface area contributed by atoms with Crippen LogP contribution in [0.3, 0.4) is 0 Å². The largest absolute Gasteiger partial charge is 0.250 e. The van der Waals surface area contributed by atoms with Gasteiger partial charge in [0, 0.05) is 22.4 Å². The molecule has 0 spiro atoms. The van der Waals surface area contributed by atoms with Crippen LogP contribution in [0.2, 0.25) is 0 Å². The molecule has 1 aromatic carbocycles. The van der Waals surface area contributed by atoms with Gasteiger partial charge in [-0.1, -0.05) is 38.1 Å². The van der Waals surface area contributed by atoms with Gasteiger partial charge in [0.15, 0.2) is 0 Å². The molecular weight excluding hydrogens is 384 g/mol. The van der Waals surface area contributed by atoms with Gasteiger partial charge in [0.1, 0.15) is 9.22 Å². The fraction of sp³-hybridized carbons (Fsp3) is 0.316. The lowest BCUT2D eigenvalue weighted by Crippen LogP contribution is -2.22. The minimum Gasteiger partial charge on any atom is -0.241 e. The highest BCUT2D eigenvalue weighted by Gasteiger charge is 2.18. The molecule has 0 amide bonds. The Hall–Kier alpha value is -1.54. The number of sulfonamides is 1. The lowest BCUT2D eigenvalue weighted by atomic mass is 10.0. The zero-order chi connectivity index (χ0) is 18.9. The predicted octanol–water partition coefficient (Wildman–Crippen LogP) is 5.09. The molecule has 0 aliphatic rings. The highest BCUT2D eigenvalue weighted by molar-refractivity contribution is 7.91. The smallest absolute Gasteiger partial charge is 0.241 e. The van der Waals surface area contributed by atoms with E-state index in [1.165, 1.54) is 16.9 Å². The SMILES string of the molecule is Cc1nc(-c2csc(S(=O)(=O)NCc3ccc(C(C)C)cc3)c2)sc1C. The fourth-order valence-corrected chi connectivity index (χ4v) is 5.64. The molecule has 3 rings (SSSR count). The average molecular weight is 407 g/mol. The van der Waals surface area contributed by atoms with E-state index in [4.69, 9.17) is 0 Å². The zero-order valence-corrected chi connectivity index (χ0v) is 17.7. The third-order valence-electron chi connectivity index (χ3n) is 4.23. The number of benzene rings is 1. The maximum absolute atomic E-state index is 12.6. The number of hydrogen-bond donors (Lipinski definition) is 1. The summed E-state index contributed by atoms with van der Waals surface area (Å²) in [5.41, 5.74) is 4.04. The van der Waals surface area contributed by atoms with Crippen molar-refractivity contribution in [3.05, 3.63) is 57.4 Å². The van der Waals surface area contributed by atoms with Crippen LogP contribution in [0.15, 0.2) is 39.9 Å². The van der Waals surface area contributed by atoms with Crippen LogP contribution in [0.1, 0.15) is 41.5 Å². The molecule has 7 heteroatoms. The number of thiazole rings is 1. The first-order chi connectivity index (χ1) is 12.3. The predicted molar refractivity (Wildman–Crippen MR) is 109 cm³/mol. The summed E-state index contributed by atoms with van der Waals surface area (Å²) in [7, 11) is -3.53. The van der Waals surface area contributed by atoms with Crippen molar-refractivity contribution in [2.24, 2.45) is 0 Å². The summed E-state index contributed by atoms with van der Waals surface area (Å²) in [6.45, 7) is 8.54. The summed E-state index contributed by atoms with van der Waals surface area (Å²) >= 11 is 2.81. The van der Waals surface area contributed by atoms with Crippen LogP contribution in [0.25, 0.3) is 10.6 Å². The van der Waals surface area contributed by atoms with Gasteiger partial charge in [-0.25, -0.2) is 18.1 Å². The van der Waals surface area contributed by atoms with E-state index >= 15 is 0 Å². The van der Waals surface area contributed by atoms with E-state index in [0.717, 1.165) is 26.7 Å². The third-order valence-corrected chi connectivity index (χ3v) is 8.19. The minimum absolute atomic E-state index is 0.281. The first kappa shape index (κ1) is 19.2. The lowest BCUT2D eigenvalue weighted by molar-refractivity contribution is 0.583. The quantitative estimate of drug-likeness (QED) is 0.620. The highest BCUT2D eigenvalue weighted by atomic mass is 32.2. The molecule has 4 nitrogen and oxygen atoms in total. The second kappa shape index (κ2) is 7.60. The van der Waals surface area contributed by atoms with Gasteiger partial charge in [-0.05, 0) is 37.0 Å². The molecule has 138 valence electrons. The Morgan fingerprint density at radius 3 is 2.42 bits per heavy atom. The van der Waals surface area contributed by atoms with Gasteiger partial charge in [-0.15, -0.1) is 22.7 Å². The fourth-order valence-electron chi connectivity index (χ4n) is 2.44. The summed E-state index contributed by atoms with van der Waals surface area (Å²) < 4.78 is 28.2. The summed E-state index contributed by atoms with van der Waals surface area (Å²) in [6.07, 6.45) is 0. The van der Waals surface area contributed by atoms with Crippen molar-refractivity contribution in [2.75, 3.05) is 0 Å². The van der Waals surface area contributed by atoms with Crippen LogP contribution in [0.4, 0.5) is 0 Å². The molecule has 0 atom stereocenters. The Labute approximate surface area is 163 Å². The van der Waals surface area contributed by atoms with E-state index in [9.17, 15) is 8.42 Å². The molecule has 0 fully saturated rings. The summed E-state index contributed by atoms with van der Waals surface area (Å²) in [5, 5.41) is 2.71. The van der Waals surface area contributed by atoms with Crippen molar-refractivity contribution in [1.82, 2.24) is 9.71 Å². The van der Waals surface area contributed by atoms with Gasteiger partial charge in [-0.2, -0.15) is 0 Å². The second-order valence-corrected chi connectivity index (χ2v) is 10.6. The van der Waals surface area contributed by atoms with Gasteiger partial charge >= 0.3 is 0 Å². The third kappa shape index (κ3) is 4.23. The van der Waals surface area contributed by atoms with E-state index in [1.54, 1.807) is 17.4 Å². The summed E-state index contributed by atoms with van der Waals surface area (Å²) in [6, 6.07) is 9.74. The zero-order valence-electron chi connectivity index (χ0n) is 15.2. The molecule has 0 saturated carbocycles. The molecule has 26 heavy (non-hydrogen) atoms. The van der Waals surface area contributed by atoms with Gasteiger partial charge in [0.25, 0.3) is 0 Å². The first-order valence-electron chi connectivity index (χ1n) is 8.37. The van der Waals surface area contributed by atoms with Crippen molar-refractivity contribution in [2.45, 2.75) is 44.4 Å². The number of nitrogens with zero attached hydrogens (tertiary/aromatic N) is 1. The molecule has 0 unspecified atom stereocenters. The van der Waals surface area contributed by atoms with E-state index in [2.05, 4.69) is 23.6 Å². The number of aromatic nitrogens is 1. The van der Waals surface area contributed by atoms with Crippen molar-refractivity contribution in [1.29, 1.82) is 0 Å². The Morgan fingerprint density at radius 2 is 1.85 bits per heavy atom. The molecular formula is C19H22N2O2S3. The van der Waals surface area contributed by atoms with Gasteiger partial charge < -0.3 is 0 Å². The molecule has 3 aromatic rings. The van der Waals surface area contributed by atoms with E-state index in [0.29, 0.717) is 10.1 Å². The molecule has 0 bridgehead atoms. The van der Waals surface area contributed by atoms with E-state index < -0.39 is 10.0 Å². The Bertz CT molecular complexity index is 980. The number of rotatable bonds is 6. The Morgan fingerprint density at radius 1 is 1.15 bits per heavy atom.